The third kappa shape index (κ3) is 24.5. The number of hydrogen-bond donors (Lipinski definition) is 0. The molecule has 0 aliphatic heterocycles. The minimum absolute atomic E-state index is 0.978. The number of aryl methyl sites for hydroxylation is 2. The van der Waals surface area contributed by atoms with Crippen LogP contribution < -0.4 is 0 Å². The molecule has 0 radical (unpaired) electrons. The van der Waals surface area contributed by atoms with Gasteiger partial charge in [0, 0.05) is 6.21 Å². The molecule has 0 saturated carbocycles. The molecule has 0 unspecified atom stereocenters. The molecule has 290 valence electrons. The van der Waals surface area contributed by atoms with Crippen molar-refractivity contribution >= 4 is 23.3 Å². The first-order valence-electron chi connectivity index (χ1n) is 22.4. The monoisotopic (exact) mass is 709 g/mol. The van der Waals surface area contributed by atoms with E-state index >= 15 is 0 Å². The van der Waals surface area contributed by atoms with Gasteiger partial charge in [0.1, 0.15) is 0 Å². The minimum Gasteiger partial charge on any atom is -0.255 e. The Bertz CT molecular complexity index is 1220. The highest BCUT2D eigenvalue weighted by Crippen LogP contribution is 2.24. The van der Waals surface area contributed by atoms with E-state index in [1.165, 1.54) is 165 Å². The summed E-state index contributed by atoms with van der Waals surface area (Å²) in [5, 5.41) is 0. The van der Waals surface area contributed by atoms with E-state index in [0.29, 0.717) is 0 Å². The summed E-state index contributed by atoms with van der Waals surface area (Å²) in [7, 11) is 0. The summed E-state index contributed by atoms with van der Waals surface area (Å²) >= 11 is 0. The Morgan fingerprint density at radius 1 is 0.423 bits per heavy atom. The van der Waals surface area contributed by atoms with Gasteiger partial charge in [-0.15, -0.1) is 0 Å². The van der Waals surface area contributed by atoms with Gasteiger partial charge in [-0.2, -0.15) is 0 Å². The fourth-order valence-electron chi connectivity index (χ4n) is 6.96. The molecule has 0 aliphatic rings. The number of nitrogens with zero attached hydrogens (tertiary/aromatic N) is 2. The first-order chi connectivity index (χ1) is 25.8. The molecule has 2 heteroatoms. The van der Waals surface area contributed by atoms with Gasteiger partial charge >= 0.3 is 0 Å². The average Bonchev–Trinajstić information content (AvgIpc) is 3.17. The summed E-state index contributed by atoms with van der Waals surface area (Å²) in [5.41, 5.74) is 5.97. The predicted octanol–water partition coefficient (Wildman–Crippen LogP) is 17.0. The van der Waals surface area contributed by atoms with Gasteiger partial charge in [-0.05, 0) is 87.5 Å². The van der Waals surface area contributed by atoms with Crippen molar-refractivity contribution in [3.63, 3.8) is 0 Å². The van der Waals surface area contributed by atoms with E-state index in [4.69, 9.17) is 9.98 Å². The Labute approximate surface area is 323 Å². The highest BCUT2D eigenvalue weighted by molar-refractivity contribution is 6.31. The normalized spacial score (nSPS) is 12.3. The molecule has 2 nitrogen and oxygen atoms in total. The molecule has 2 rings (SSSR count). The average molecular weight is 709 g/mol. The van der Waals surface area contributed by atoms with Crippen molar-refractivity contribution in [3.8, 4) is 0 Å². The maximum Gasteiger partial charge on any atom is 0.0665 e. The number of allylic oxidation sites excluding steroid dienone is 4. The molecule has 52 heavy (non-hydrogen) atoms. The summed E-state index contributed by atoms with van der Waals surface area (Å²) in [6, 6.07) is 17.5. The molecule has 0 amide bonds. The van der Waals surface area contributed by atoms with E-state index in [1.54, 1.807) is 0 Å². The maximum absolute atomic E-state index is 5.28. The van der Waals surface area contributed by atoms with Crippen LogP contribution in [0, 0.1) is 0 Å². The van der Waals surface area contributed by atoms with Crippen LogP contribution in [0.1, 0.15) is 205 Å². The number of unbranched alkanes of at least 4 members (excludes halogenated alkanes) is 21. The van der Waals surface area contributed by atoms with Gasteiger partial charge in [-0.25, -0.2) is 0 Å². The van der Waals surface area contributed by atoms with Crippen LogP contribution in [0.2, 0.25) is 0 Å². The summed E-state index contributed by atoms with van der Waals surface area (Å²) in [5.74, 6) is 0. The Kier molecular flexibility index (Phi) is 29.7. The lowest BCUT2D eigenvalue weighted by Gasteiger charge is -2.08. The van der Waals surface area contributed by atoms with Crippen molar-refractivity contribution in [2.75, 3.05) is 0 Å². The zero-order valence-corrected chi connectivity index (χ0v) is 34.4. The lowest BCUT2D eigenvalue weighted by molar-refractivity contribution is 0.577. The Morgan fingerprint density at radius 2 is 0.808 bits per heavy atom. The molecule has 2 aromatic carbocycles. The first-order valence-corrected chi connectivity index (χ1v) is 22.4. The minimum atomic E-state index is 0.978. The molecule has 0 atom stereocenters. The van der Waals surface area contributed by atoms with Crippen molar-refractivity contribution in [3.05, 3.63) is 84.0 Å². The van der Waals surface area contributed by atoms with Crippen LogP contribution in [-0.4, -0.2) is 11.9 Å². The van der Waals surface area contributed by atoms with E-state index < -0.39 is 0 Å². The second-order valence-electron chi connectivity index (χ2n) is 15.2. The van der Waals surface area contributed by atoms with Gasteiger partial charge in [0.25, 0.3) is 0 Å². The number of aliphatic imine (C=N–C) groups is 2. The zero-order valence-electron chi connectivity index (χ0n) is 34.4. The third-order valence-electron chi connectivity index (χ3n) is 10.3. The van der Waals surface area contributed by atoms with Gasteiger partial charge in [0.15, 0.2) is 0 Å². The molecular formula is C50H80N2. The van der Waals surface area contributed by atoms with Crippen molar-refractivity contribution < 1.29 is 0 Å². The summed E-state index contributed by atoms with van der Waals surface area (Å²) in [6.45, 7) is 6.88. The molecular weight excluding hydrogens is 629 g/mol. The van der Waals surface area contributed by atoms with Gasteiger partial charge in [-0.1, -0.05) is 203 Å². The third-order valence-corrected chi connectivity index (χ3v) is 10.3. The molecule has 0 N–H and O–H groups in total. The molecule has 0 spiro atoms. The van der Waals surface area contributed by atoms with Crippen LogP contribution in [0.25, 0.3) is 0 Å². The standard InChI is InChI=1S/C50H80N2/c1-4-7-10-13-16-18-20-22-24-26-28-31-38-46-40-34-36-43-49(46)51-45-48(42-33-30-15-12-9-6-3)52-50-44-37-35-41-47(50)39-32-29-27-25-23-21-19-17-14-11-8-5-2/h26-29,34-37,40-41,43-45H,4-25,30-33,38-39,42H2,1-3H3. The molecule has 0 heterocycles. The van der Waals surface area contributed by atoms with Crippen LogP contribution in [0.5, 0.6) is 0 Å². The van der Waals surface area contributed by atoms with Crippen LogP contribution in [0.15, 0.2) is 82.8 Å². The van der Waals surface area contributed by atoms with Gasteiger partial charge < -0.3 is 0 Å². The zero-order chi connectivity index (χ0) is 37.0. The van der Waals surface area contributed by atoms with E-state index in [9.17, 15) is 0 Å². The first kappa shape index (κ1) is 45.4. The summed E-state index contributed by atoms with van der Waals surface area (Å²) in [4.78, 5) is 10.4. The van der Waals surface area contributed by atoms with Gasteiger partial charge in [0.05, 0.1) is 17.1 Å². The van der Waals surface area contributed by atoms with Crippen molar-refractivity contribution in [1.82, 2.24) is 0 Å². The molecule has 0 bridgehead atoms. The quantitative estimate of drug-likeness (QED) is 0.0393. The lowest BCUT2D eigenvalue weighted by atomic mass is 10.0. The van der Waals surface area contributed by atoms with Crippen molar-refractivity contribution in [2.24, 2.45) is 9.98 Å². The Morgan fingerprint density at radius 3 is 1.31 bits per heavy atom. The smallest absolute Gasteiger partial charge is 0.0665 e. The molecule has 2 aromatic rings. The Hall–Kier alpha value is -2.74. The maximum atomic E-state index is 5.28. The van der Waals surface area contributed by atoms with Crippen LogP contribution in [0.4, 0.5) is 11.4 Å². The number of hydrogen-bond acceptors (Lipinski definition) is 2. The van der Waals surface area contributed by atoms with E-state index in [-0.39, 0.29) is 0 Å². The van der Waals surface area contributed by atoms with E-state index in [1.807, 2.05) is 0 Å². The van der Waals surface area contributed by atoms with Gasteiger partial charge in [-0.3, -0.25) is 9.98 Å². The van der Waals surface area contributed by atoms with Crippen LogP contribution in [0.3, 0.4) is 0 Å². The predicted molar refractivity (Wildman–Crippen MR) is 235 cm³/mol. The van der Waals surface area contributed by atoms with Crippen molar-refractivity contribution in [1.29, 1.82) is 0 Å². The number of rotatable bonds is 34. The van der Waals surface area contributed by atoms with E-state index in [2.05, 4.69) is 99.8 Å². The Balaban J connectivity index is 1.94. The largest absolute Gasteiger partial charge is 0.255 e. The summed E-state index contributed by atoms with van der Waals surface area (Å²) in [6.07, 6.45) is 49.2. The fraction of sp³-hybridized carbons (Fsp3) is 0.640. The highest BCUT2D eigenvalue weighted by atomic mass is 14.8. The number of benzene rings is 2. The molecule has 0 saturated heterocycles. The molecule has 0 aliphatic carbocycles. The fourth-order valence-corrected chi connectivity index (χ4v) is 6.96. The number of para-hydroxylation sites is 2. The molecule has 0 aromatic heterocycles. The van der Waals surface area contributed by atoms with Crippen LogP contribution in [-0.2, 0) is 12.8 Å². The second-order valence-corrected chi connectivity index (χ2v) is 15.2. The lowest BCUT2D eigenvalue weighted by Crippen LogP contribution is -2.01. The SMILES string of the molecule is CCCCCCCCCCC=CCCc1ccccc1N=CC(CCCCCCCC)=Nc1ccccc1CCC=CCCCCCCCCCC. The van der Waals surface area contributed by atoms with Crippen LogP contribution >= 0.6 is 0 Å². The van der Waals surface area contributed by atoms with E-state index in [0.717, 1.165) is 49.2 Å². The summed E-state index contributed by atoms with van der Waals surface area (Å²) < 4.78 is 0. The van der Waals surface area contributed by atoms with Crippen molar-refractivity contribution in [2.45, 2.75) is 207 Å². The topological polar surface area (TPSA) is 24.7 Å². The highest BCUT2D eigenvalue weighted by Gasteiger charge is 2.05. The molecule has 0 fully saturated rings. The van der Waals surface area contributed by atoms with Gasteiger partial charge in [0.2, 0.25) is 0 Å². The second kappa shape index (κ2) is 34.1.